The molecule has 1 N–H and O–H groups in total. The summed E-state index contributed by atoms with van der Waals surface area (Å²) >= 11 is 1.20. The molecule has 0 saturated carbocycles. The Balaban J connectivity index is 2.31. The minimum atomic E-state index is -0.854. The second-order valence-electron chi connectivity index (χ2n) is 4.67. The van der Waals surface area contributed by atoms with Crippen LogP contribution in [0.3, 0.4) is 0 Å². The van der Waals surface area contributed by atoms with Crippen LogP contribution >= 0.6 is 11.8 Å². The highest BCUT2D eigenvalue weighted by Gasteiger charge is 2.41. The summed E-state index contributed by atoms with van der Waals surface area (Å²) in [7, 11) is 0. The van der Waals surface area contributed by atoms with Crippen LogP contribution in [-0.4, -0.2) is 44.3 Å². The van der Waals surface area contributed by atoms with Gasteiger partial charge >= 0.3 is 5.97 Å². The van der Waals surface area contributed by atoms with Gasteiger partial charge in [-0.25, -0.2) is 0 Å². The fourth-order valence-corrected chi connectivity index (χ4v) is 3.09. The zero-order valence-corrected chi connectivity index (χ0v) is 11.5. The van der Waals surface area contributed by atoms with Crippen LogP contribution in [0.1, 0.15) is 26.1 Å². The number of rotatable bonds is 4. The van der Waals surface area contributed by atoms with Crippen LogP contribution in [0.5, 0.6) is 0 Å². The van der Waals surface area contributed by atoms with E-state index < -0.39 is 5.97 Å². The zero-order valence-electron chi connectivity index (χ0n) is 10.7. The summed E-state index contributed by atoms with van der Waals surface area (Å²) in [6, 6.07) is 0. The lowest BCUT2D eigenvalue weighted by Gasteiger charge is -2.31. The third kappa shape index (κ3) is 2.24. The molecule has 7 heteroatoms. The van der Waals surface area contributed by atoms with Crippen molar-refractivity contribution < 1.29 is 14.6 Å². The largest absolute Gasteiger partial charge is 0.481 e. The average Bonchev–Trinajstić information content (AvgIpc) is 2.82. The molecule has 2 atom stereocenters. The molecule has 1 aromatic rings. The molecular formula is C11H17N3O3S. The van der Waals surface area contributed by atoms with Crippen molar-refractivity contribution in [2.24, 2.45) is 0 Å². The van der Waals surface area contributed by atoms with E-state index in [4.69, 9.17) is 9.84 Å². The summed E-state index contributed by atoms with van der Waals surface area (Å²) in [5.74, 6) is -0.0699. The fraction of sp³-hybridized carbons (Fsp3) is 0.727. The van der Waals surface area contributed by atoms with Crippen LogP contribution in [0.25, 0.3) is 0 Å². The molecule has 1 aliphatic heterocycles. The molecule has 6 nitrogen and oxygen atoms in total. The monoisotopic (exact) mass is 271 g/mol. The number of aromatic nitrogens is 3. The van der Waals surface area contributed by atoms with Gasteiger partial charge in [0.2, 0.25) is 0 Å². The third-order valence-electron chi connectivity index (χ3n) is 3.48. The fourth-order valence-electron chi connectivity index (χ4n) is 2.27. The minimum Gasteiger partial charge on any atom is -0.481 e. The van der Waals surface area contributed by atoms with Crippen LogP contribution in [-0.2, 0) is 15.1 Å². The molecule has 100 valence electrons. The normalized spacial score (nSPS) is 27.6. The Morgan fingerprint density at radius 2 is 2.39 bits per heavy atom. The number of nitrogens with zero attached hydrogens (tertiary/aromatic N) is 3. The van der Waals surface area contributed by atoms with Crippen molar-refractivity contribution in [1.29, 1.82) is 0 Å². The van der Waals surface area contributed by atoms with Gasteiger partial charge in [0.15, 0.2) is 5.16 Å². The van der Waals surface area contributed by atoms with Crippen molar-refractivity contribution in [2.45, 2.75) is 44.0 Å². The predicted octanol–water partition coefficient (Wildman–Crippen LogP) is 1.29. The molecule has 1 saturated heterocycles. The number of thioether (sulfide) groups is 1. The summed E-state index contributed by atoms with van der Waals surface area (Å²) in [6.45, 7) is 6.72. The van der Waals surface area contributed by atoms with Crippen molar-refractivity contribution in [1.82, 2.24) is 14.8 Å². The number of hydrogen-bond donors (Lipinski definition) is 1. The van der Waals surface area contributed by atoms with Gasteiger partial charge in [-0.2, -0.15) is 0 Å². The molecule has 2 unspecified atom stereocenters. The summed E-state index contributed by atoms with van der Waals surface area (Å²) in [4.78, 5) is 10.7. The standard InChI is InChI=1S/C11H17N3O3S/c1-7-11(3,4-5-17-7)14-8(2)12-13-10(14)18-6-9(15)16/h7H,4-6H2,1-3H3,(H,15,16). The highest BCUT2D eigenvalue weighted by atomic mass is 32.2. The summed E-state index contributed by atoms with van der Waals surface area (Å²) in [5, 5.41) is 17.5. The van der Waals surface area contributed by atoms with Crippen molar-refractivity contribution in [2.75, 3.05) is 12.4 Å². The van der Waals surface area contributed by atoms with Crippen LogP contribution < -0.4 is 0 Å². The molecule has 1 aromatic heterocycles. The molecule has 18 heavy (non-hydrogen) atoms. The predicted molar refractivity (Wildman–Crippen MR) is 66.8 cm³/mol. The van der Waals surface area contributed by atoms with Gasteiger partial charge in [-0.3, -0.25) is 9.36 Å². The van der Waals surface area contributed by atoms with Crippen LogP contribution in [0.4, 0.5) is 0 Å². The van der Waals surface area contributed by atoms with Crippen LogP contribution in [0.15, 0.2) is 5.16 Å². The second-order valence-corrected chi connectivity index (χ2v) is 5.61. The molecule has 0 radical (unpaired) electrons. The molecule has 0 aromatic carbocycles. The van der Waals surface area contributed by atoms with Crippen molar-refractivity contribution in [3.63, 3.8) is 0 Å². The van der Waals surface area contributed by atoms with Crippen molar-refractivity contribution in [3.8, 4) is 0 Å². The Kier molecular flexibility index (Phi) is 3.63. The number of carboxylic acid groups (broad SMARTS) is 1. The molecule has 0 bridgehead atoms. The van der Waals surface area contributed by atoms with E-state index in [1.54, 1.807) is 0 Å². The summed E-state index contributed by atoms with van der Waals surface area (Å²) < 4.78 is 7.64. The van der Waals surface area contributed by atoms with Crippen molar-refractivity contribution in [3.05, 3.63) is 5.82 Å². The third-order valence-corrected chi connectivity index (χ3v) is 4.40. The van der Waals surface area contributed by atoms with E-state index in [9.17, 15) is 4.79 Å². The number of aryl methyl sites for hydroxylation is 1. The molecule has 0 spiro atoms. The molecule has 2 heterocycles. The summed E-state index contributed by atoms with van der Waals surface area (Å²) in [6.07, 6.45) is 0.949. The van der Waals surface area contributed by atoms with Gasteiger partial charge in [0.25, 0.3) is 0 Å². The number of ether oxygens (including phenoxy) is 1. The van der Waals surface area contributed by atoms with E-state index in [1.807, 2.05) is 18.4 Å². The van der Waals surface area contributed by atoms with E-state index >= 15 is 0 Å². The van der Waals surface area contributed by atoms with E-state index in [1.165, 1.54) is 11.8 Å². The number of carbonyl (C=O) groups is 1. The zero-order chi connectivity index (χ0) is 13.3. The quantitative estimate of drug-likeness (QED) is 0.831. The lowest BCUT2D eigenvalue weighted by molar-refractivity contribution is -0.133. The maximum absolute atomic E-state index is 10.7. The maximum Gasteiger partial charge on any atom is 0.313 e. The minimum absolute atomic E-state index is 0.0105. The highest BCUT2D eigenvalue weighted by molar-refractivity contribution is 7.99. The summed E-state index contributed by atoms with van der Waals surface area (Å²) in [5.41, 5.74) is -0.200. The molecular weight excluding hydrogens is 254 g/mol. The lowest BCUT2D eigenvalue weighted by atomic mass is 9.94. The second kappa shape index (κ2) is 4.89. The van der Waals surface area contributed by atoms with E-state index in [0.717, 1.165) is 12.2 Å². The number of hydrogen-bond acceptors (Lipinski definition) is 5. The smallest absolute Gasteiger partial charge is 0.313 e. The first-order valence-corrected chi connectivity index (χ1v) is 6.82. The maximum atomic E-state index is 10.7. The van der Waals surface area contributed by atoms with Gasteiger partial charge in [0, 0.05) is 6.61 Å². The van der Waals surface area contributed by atoms with Crippen LogP contribution in [0.2, 0.25) is 0 Å². The van der Waals surface area contributed by atoms with E-state index in [0.29, 0.717) is 11.8 Å². The number of aliphatic carboxylic acids is 1. The van der Waals surface area contributed by atoms with Crippen LogP contribution in [0, 0.1) is 6.92 Å². The van der Waals surface area contributed by atoms with Gasteiger partial charge < -0.3 is 9.84 Å². The molecule has 1 fully saturated rings. The van der Waals surface area contributed by atoms with Gasteiger partial charge in [0.05, 0.1) is 17.4 Å². The first-order valence-electron chi connectivity index (χ1n) is 5.84. The Hall–Kier alpha value is -1.08. The molecule has 0 amide bonds. The first kappa shape index (κ1) is 13.4. The lowest BCUT2D eigenvalue weighted by Crippen LogP contribution is -2.38. The van der Waals surface area contributed by atoms with E-state index in [2.05, 4.69) is 17.1 Å². The molecule has 2 rings (SSSR count). The van der Waals surface area contributed by atoms with Gasteiger partial charge in [-0.05, 0) is 27.2 Å². The molecule has 0 aliphatic carbocycles. The molecule has 1 aliphatic rings. The Morgan fingerprint density at radius 1 is 1.67 bits per heavy atom. The first-order chi connectivity index (χ1) is 8.45. The Bertz CT molecular complexity index is 462. The average molecular weight is 271 g/mol. The van der Waals surface area contributed by atoms with Crippen molar-refractivity contribution >= 4 is 17.7 Å². The Labute approximate surface area is 110 Å². The van der Waals surface area contributed by atoms with Gasteiger partial charge in [-0.15, -0.1) is 10.2 Å². The van der Waals surface area contributed by atoms with E-state index in [-0.39, 0.29) is 17.4 Å². The van der Waals surface area contributed by atoms with Gasteiger partial charge in [-0.1, -0.05) is 11.8 Å². The number of carboxylic acids is 1. The topological polar surface area (TPSA) is 77.2 Å². The highest BCUT2D eigenvalue weighted by Crippen LogP contribution is 2.36. The SMILES string of the molecule is Cc1nnc(SCC(=O)O)n1C1(C)CCOC1C. The Morgan fingerprint density at radius 3 is 2.94 bits per heavy atom. The van der Waals surface area contributed by atoms with Gasteiger partial charge in [0.1, 0.15) is 5.82 Å².